The molecule has 0 spiro atoms. The van der Waals surface area contributed by atoms with Crippen LogP contribution in [0.1, 0.15) is 24.1 Å². The van der Waals surface area contributed by atoms with Crippen LogP contribution in [0.2, 0.25) is 0 Å². The SMILES string of the molecule is Cc1ccc(C(N)=S)c(N2CCN(CC3CC3)CC2)n1. The third kappa shape index (κ3) is 3.10. The number of rotatable bonds is 4. The summed E-state index contributed by atoms with van der Waals surface area (Å²) in [5, 5.41) is 0. The molecule has 2 N–H and O–H groups in total. The molecule has 2 aliphatic rings. The third-order valence-corrected chi connectivity index (χ3v) is 4.38. The molecule has 0 aromatic carbocycles. The van der Waals surface area contributed by atoms with Crippen molar-refractivity contribution in [2.75, 3.05) is 37.6 Å². The van der Waals surface area contributed by atoms with Crippen molar-refractivity contribution in [1.82, 2.24) is 9.88 Å². The number of aromatic nitrogens is 1. The van der Waals surface area contributed by atoms with Crippen LogP contribution < -0.4 is 10.6 Å². The van der Waals surface area contributed by atoms with Crippen LogP contribution in [-0.4, -0.2) is 47.6 Å². The summed E-state index contributed by atoms with van der Waals surface area (Å²) in [6.07, 6.45) is 2.84. The lowest BCUT2D eigenvalue weighted by Gasteiger charge is -2.36. The first-order valence-corrected chi connectivity index (χ1v) is 7.79. The van der Waals surface area contributed by atoms with Gasteiger partial charge in [-0.3, -0.25) is 4.90 Å². The summed E-state index contributed by atoms with van der Waals surface area (Å²) >= 11 is 5.15. The summed E-state index contributed by atoms with van der Waals surface area (Å²) in [7, 11) is 0. The molecule has 1 saturated carbocycles. The maximum absolute atomic E-state index is 5.83. The van der Waals surface area contributed by atoms with Crippen LogP contribution in [0.4, 0.5) is 5.82 Å². The number of hydrogen-bond acceptors (Lipinski definition) is 4. The van der Waals surface area contributed by atoms with Gasteiger partial charge in [0.25, 0.3) is 0 Å². The largest absolute Gasteiger partial charge is 0.389 e. The molecule has 2 heterocycles. The van der Waals surface area contributed by atoms with Crippen molar-refractivity contribution in [2.24, 2.45) is 11.7 Å². The lowest BCUT2D eigenvalue weighted by atomic mass is 10.2. The predicted molar refractivity (Wildman–Crippen MR) is 86.2 cm³/mol. The lowest BCUT2D eigenvalue weighted by Crippen LogP contribution is -2.47. The van der Waals surface area contributed by atoms with Crippen LogP contribution in [0.15, 0.2) is 12.1 Å². The minimum Gasteiger partial charge on any atom is -0.389 e. The number of pyridine rings is 1. The van der Waals surface area contributed by atoms with E-state index in [1.54, 1.807) is 0 Å². The van der Waals surface area contributed by atoms with Crippen LogP contribution in [0.5, 0.6) is 0 Å². The first-order chi connectivity index (χ1) is 9.63. The quantitative estimate of drug-likeness (QED) is 0.853. The molecule has 0 amide bonds. The highest BCUT2D eigenvalue weighted by Gasteiger charge is 2.27. The van der Waals surface area contributed by atoms with Gasteiger partial charge >= 0.3 is 0 Å². The van der Waals surface area contributed by atoms with Gasteiger partial charge in [-0.15, -0.1) is 0 Å². The Morgan fingerprint density at radius 2 is 2.00 bits per heavy atom. The van der Waals surface area contributed by atoms with Crippen molar-refractivity contribution in [2.45, 2.75) is 19.8 Å². The second kappa shape index (κ2) is 5.66. The van der Waals surface area contributed by atoms with Gasteiger partial charge in [-0.05, 0) is 37.8 Å². The van der Waals surface area contributed by atoms with Gasteiger partial charge < -0.3 is 10.6 Å². The van der Waals surface area contributed by atoms with E-state index in [1.807, 2.05) is 19.1 Å². The zero-order valence-corrected chi connectivity index (χ0v) is 12.8. The number of hydrogen-bond donors (Lipinski definition) is 1. The summed E-state index contributed by atoms with van der Waals surface area (Å²) in [6, 6.07) is 3.97. The summed E-state index contributed by atoms with van der Waals surface area (Å²) in [5.41, 5.74) is 7.75. The summed E-state index contributed by atoms with van der Waals surface area (Å²) in [5.74, 6) is 1.93. The van der Waals surface area contributed by atoms with Crippen LogP contribution in [0.25, 0.3) is 0 Å². The topological polar surface area (TPSA) is 45.4 Å². The Morgan fingerprint density at radius 1 is 1.30 bits per heavy atom. The van der Waals surface area contributed by atoms with Gasteiger partial charge in [0.1, 0.15) is 10.8 Å². The molecule has 0 radical (unpaired) electrons. The molecule has 0 atom stereocenters. The monoisotopic (exact) mass is 290 g/mol. The molecule has 1 aliphatic carbocycles. The van der Waals surface area contributed by atoms with Gasteiger partial charge in [0.2, 0.25) is 0 Å². The van der Waals surface area contributed by atoms with Crippen molar-refractivity contribution in [3.05, 3.63) is 23.4 Å². The molecule has 20 heavy (non-hydrogen) atoms. The molecule has 4 nitrogen and oxygen atoms in total. The smallest absolute Gasteiger partial charge is 0.139 e. The average Bonchev–Trinajstić information content (AvgIpc) is 3.23. The lowest BCUT2D eigenvalue weighted by molar-refractivity contribution is 0.247. The van der Waals surface area contributed by atoms with Crippen molar-refractivity contribution in [3.8, 4) is 0 Å². The van der Waals surface area contributed by atoms with Gasteiger partial charge in [0.05, 0.1) is 5.56 Å². The van der Waals surface area contributed by atoms with Gasteiger partial charge in [-0.25, -0.2) is 4.98 Å². The van der Waals surface area contributed by atoms with E-state index in [0.29, 0.717) is 4.99 Å². The Bertz CT molecular complexity index is 505. The molecule has 3 rings (SSSR count). The number of nitrogens with two attached hydrogens (primary N) is 1. The molecule has 5 heteroatoms. The van der Waals surface area contributed by atoms with Crippen LogP contribution in [0, 0.1) is 12.8 Å². The molecule has 1 aliphatic heterocycles. The second-order valence-electron chi connectivity index (χ2n) is 5.92. The number of anilines is 1. The summed E-state index contributed by atoms with van der Waals surface area (Å²) < 4.78 is 0. The zero-order valence-electron chi connectivity index (χ0n) is 12.0. The van der Waals surface area contributed by atoms with E-state index in [9.17, 15) is 0 Å². The van der Waals surface area contributed by atoms with E-state index in [-0.39, 0.29) is 0 Å². The first kappa shape index (κ1) is 13.8. The molecule has 1 aromatic heterocycles. The maximum Gasteiger partial charge on any atom is 0.139 e. The predicted octanol–water partition coefficient (Wildman–Crippen LogP) is 1.56. The van der Waals surface area contributed by atoms with Gasteiger partial charge in [0.15, 0.2) is 0 Å². The maximum atomic E-state index is 5.83. The van der Waals surface area contributed by atoms with Crippen LogP contribution in [-0.2, 0) is 0 Å². The molecule has 0 bridgehead atoms. The summed E-state index contributed by atoms with van der Waals surface area (Å²) in [6.45, 7) is 7.54. The number of aryl methyl sites for hydroxylation is 1. The first-order valence-electron chi connectivity index (χ1n) is 7.38. The van der Waals surface area contributed by atoms with E-state index < -0.39 is 0 Å². The number of thiocarbonyl (C=S) groups is 1. The van der Waals surface area contributed by atoms with Crippen molar-refractivity contribution < 1.29 is 0 Å². The van der Waals surface area contributed by atoms with E-state index in [4.69, 9.17) is 18.0 Å². The third-order valence-electron chi connectivity index (χ3n) is 4.16. The highest BCUT2D eigenvalue weighted by molar-refractivity contribution is 7.80. The van der Waals surface area contributed by atoms with E-state index in [0.717, 1.165) is 49.2 Å². The van der Waals surface area contributed by atoms with E-state index in [2.05, 4.69) is 14.8 Å². The Labute approximate surface area is 126 Å². The fourth-order valence-electron chi connectivity index (χ4n) is 2.78. The molecule has 108 valence electrons. The molecule has 2 fully saturated rings. The Morgan fingerprint density at radius 3 is 2.60 bits per heavy atom. The van der Waals surface area contributed by atoms with E-state index in [1.165, 1.54) is 19.4 Å². The van der Waals surface area contributed by atoms with Gasteiger partial charge in [0, 0.05) is 38.4 Å². The Balaban J connectivity index is 1.70. The Kier molecular flexibility index (Phi) is 3.89. The van der Waals surface area contributed by atoms with Crippen molar-refractivity contribution in [1.29, 1.82) is 0 Å². The summed E-state index contributed by atoms with van der Waals surface area (Å²) in [4.78, 5) is 9.99. The molecule has 1 saturated heterocycles. The highest BCUT2D eigenvalue weighted by atomic mass is 32.1. The van der Waals surface area contributed by atoms with Crippen molar-refractivity contribution >= 4 is 23.0 Å². The standard InChI is InChI=1S/C15H22N4S/c1-11-2-5-13(14(16)20)15(17-11)19-8-6-18(7-9-19)10-12-3-4-12/h2,5,12H,3-4,6-10H2,1H3,(H2,16,20). The fourth-order valence-corrected chi connectivity index (χ4v) is 2.94. The minimum atomic E-state index is 0.438. The van der Waals surface area contributed by atoms with Crippen LogP contribution in [0.3, 0.4) is 0 Å². The minimum absolute atomic E-state index is 0.438. The van der Waals surface area contributed by atoms with Gasteiger partial charge in [-0.2, -0.15) is 0 Å². The Hall–Kier alpha value is -1.20. The van der Waals surface area contributed by atoms with Gasteiger partial charge in [-0.1, -0.05) is 12.2 Å². The molecule has 0 unspecified atom stereocenters. The van der Waals surface area contributed by atoms with Crippen LogP contribution >= 0.6 is 12.2 Å². The molecular formula is C15H22N4S. The number of piperazine rings is 1. The fraction of sp³-hybridized carbons (Fsp3) is 0.600. The molecule has 1 aromatic rings. The average molecular weight is 290 g/mol. The van der Waals surface area contributed by atoms with E-state index >= 15 is 0 Å². The number of nitrogens with zero attached hydrogens (tertiary/aromatic N) is 3. The second-order valence-corrected chi connectivity index (χ2v) is 6.36. The molecular weight excluding hydrogens is 268 g/mol. The van der Waals surface area contributed by atoms with Crippen molar-refractivity contribution in [3.63, 3.8) is 0 Å². The normalized spacial score (nSPS) is 20.1. The highest BCUT2D eigenvalue weighted by Crippen LogP contribution is 2.30. The zero-order chi connectivity index (χ0) is 14.1.